The lowest BCUT2D eigenvalue weighted by Crippen LogP contribution is -2.63. The third kappa shape index (κ3) is 5.46. The molecule has 8 heteroatoms. The Bertz CT molecular complexity index is 1270. The van der Waals surface area contributed by atoms with Gasteiger partial charge in [-0.25, -0.2) is 0 Å². The Labute approximate surface area is 243 Å². The number of nitrogens with zero attached hydrogens (tertiary/aromatic N) is 2. The van der Waals surface area contributed by atoms with Gasteiger partial charge in [-0.1, -0.05) is 67.1 Å². The predicted octanol–water partition coefficient (Wildman–Crippen LogP) is 7.47. The molecule has 2 aliphatic heterocycles. The van der Waals surface area contributed by atoms with Gasteiger partial charge in [0.2, 0.25) is 5.91 Å². The smallest absolute Gasteiger partial charge is 0.260 e. The van der Waals surface area contributed by atoms with E-state index >= 15 is 0 Å². The average Bonchev–Trinajstić information content (AvgIpc) is 3.66. The number of rotatable bonds is 10. The van der Waals surface area contributed by atoms with Gasteiger partial charge in [0.1, 0.15) is 6.73 Å². The molecule has 2 amide bonds. The summed E-state index contributed by atoms with van der Waals surface area (Å²) in [5.74, 6) is -0.225. The maximum Gasteiger partial charge on any atom is 0.260 e. The van der Waals surface area contributed by atoms with Crippen LogP contribution in [-0.4, -0.2) is 44.7 Å². The molecule has 2 heterocycles. The van der Waals surface area contributed by atoms with Crippen molar-refractivity contribution in [2.45, 2.75) is 62.8 Å². The molecule has 1 saturated carbocycles. The fourth-order valence-electron chi connectivity index (χ4n) is 6.17. The molecule has 2 aromatic carbocycles. The minimum atomic E-state index is -1.30. The van der Waals surface area contributed by atoms with E-state index in [4.69, 9.17) is 27.9 Å². The lowest BCUT2D eigenvalue weighted by molar-refractivity contribution is -0.159. The van der Waals surface area contributed by atoms with Gasteiger partial charge in [-0.15, -0.1) is 6.58 Å². The molecular formula is C31H38Cl2N2O3Si. The summed E-state index contributed by atoms with van der Waals surface area (Å²) in [5.41, 5.74) is 1.31. The van der Waals surface area contributed by atoms with Gasteiger partial charge in [0.25, 0.3) is 5.91 Å². The van der Waals surface area contributed by atoms with Crippen LogP contribution in [0.5, 0.6) is 0 Å². The zero-order valence-corrected chi connectivity index (χ0v) is 25.6. The summed E-state index contributed by atoms with van der Waals surface area (Å²) in [5, 5.41) is 1.16. The molecule has 0 aromatic heterocycles. The Balaban J connectivity index is 1.65. The Kier molecular flexibility index (Phi) is 8.04. The minimum absolute atomic E-state index is 0.0239. The number of amides is 2. The summed E-state index contributed by atoms with van der Waals surface area (Å²) in [6.07, 6.45) is 5.05. The van der Waals surface area contributed by atoms with Crippen molar-refractivity contribution in [3.63, 3.8) is 0 Å². The number of carbonyl (C=O) groups is 2. The number of anilines is 1. The fraction of sp³-hybridized carbons (Fsp3) is 0.484. The lowest BCUT2D eigenvalue weighted by atomic mass is 9.66. The van der Waals surface area contributed by atoms with Gasteiger partial charge in [0.15, 0.2) is 5.54 Å². The van der Waals surface area contributed by atoms with Crippen LogP contribution in [0.4, 0.5) is 5.69 Å². The van der Waals surface area contributed by atoms with Crippen molar-refractivity contribution >= 4 is 48.8 Å². The molecule has 5 rings (SSSR count). The van der Waals surface area contributed by atoms with Crippen molar-refractivity contribution in [2.75, 3.05) is 24.8 Å². The monoisotopic (exact) mass is 584 g/mol. The van der Waals surface area contributed by atoms with Crippen molar-refractivity contribution in [2.24, 2.45) is 11.8 Å². The number of benzene rings is 2. The first-order valence-corrected chi connectivity index (χ1v) is 18.4. The lowest BCUT2D eigenvalue weighted by Gasteiger charge is -2.51. The topological polar surface area (TPSA) is 49.9 Å². The maximum absolute atomic E-state index is 14.9. The van der Waals surface area contributed by atoms with Crippen molar-refractivity contribution < 1.29 is 14.3 Å². The molecule has 3 aliphatic rings. The Morgan fingerprint density at radius 3 is 2.51 bits per heavy atom. The second kappa shape index (κ2) is 11.0. The van der Waals surface area contributed by atoms with Crippen LogP contribution in [0.2, 0.25) is 35.7 Å². The van der Waals surface area contributed by atoms with Crippen LogP contribution in [-0.2, 0) is 19.9 Å². The first-order valence-electron chi connectivity index (χ1n) is 13.9. The molecule has 2 aromatic rings. The number of likely N-dealkylation sites (tertiary alicyclic amines) is 1. The van der Waals surface area contributed by atoms with E-state index in [9.17, 15) is 9.59 Å². The maximum atomic E-state index is 14.9. The molecular weight excluding hydrogens is 547 g/mol. The van der Waals surface area contributed by atoms with Gasteiger partial charge < -0.3 is 9.64 Å². The molecule has 5 nitrogen and oxygen atoms in total. The van der Waals surface area contributed by atoms with E-state index < -0.39 is 13.6 Å². The summed E-state index contributed by atoms with van der Waals surface area (Å²) in [6, 6.07) is 14.4. The van der Waals surface area contributed by atoms with E-state index in [0.29, 0.717) is 42.0 Å². The molecule has 39 heavy (non-hydrogen) atoms. The van der Waals surface area contributed by atoms with Crippen molar-refractivity contribution in [3.8, 4) is 0 Å². The largest absolute Gasteiger partial charge is 0.361 e. The van der Waals surface area contributed by atoms with Crippen molar-refractivity contribution in [3.05, 3.63) is 76.3 Å². The van der Waals surface area contributed by atoms with Crippen LogP contribution in [0.25, 0.3) is 0 Å². The molecule has 0 unspecified atom stereocenters. The quantitative estimate of drug-likeness (QED) is 0.165. The molecule has 3 atom stereocenters. The zero-order chi connectivity index (χ0) is 27.9. The summed E-state index contributed by atoms with van der Waals surface area (Å²) in [4.78, 5) is 32.7. The highest BCUT2D eigenvalue weighted by atomic mass is 35.5. The second-order valence-corrected chi connectivity index (χ2v) is 19.0. The highest BCUT2D eigenvalue weighted by Gasteiger charge is 2.64. The van der Waals surface area contributed by atoms with Gasteiger partial charge in [0, 0.05) is 48.7 Å². The predicted molar refractivity (Wildman–Crippen MR) is 161 cm³/mol. The van der Waals surface area contributed by atoms with Crippen LogP contribution in [0, 0.1) is 11.8 Å². The number of allylic oxidation sites excluding steroid dienone is 1. The number of piperidine rings is 1. The fourth-order valence-corrected chi connectivity index (χ4v) is 7.29. The van der Waals surface area contributed by atoms with Gasteiger partial charge >= 0.3 is 0 Å². The van der Waals surface area contributed by atoms with Crippen molar-refractivity contribution in [1.29, 1.82) is 0 Å². The van der Waals surface area contributed by atoms with Gasteiger partial charge in [-0.2, -0.15) is 0 Å². The van der Waals surface area contributed by atoms with E-state index in [1.54, 1.807) is 4.90 Å². The highest BCUT2D eigenvalue weighted by Crippen LogP contribution is 2.58. The molecule has 2 fully saturated rings. The molecule has 0 bridgehead atoms. The van der Waals surface area contributed by atoms with E-state index in [2.05, 4.69) is 26.2 Å². The summed E-state index contributed by atoms with van der Waals surface area (Å²) >= 11 is 13.0. The molecule has 208 valence electrons. The zero-order valence-electron chi connectivity index (χ0n) is 23.1. The standard InChI is InChI=1S/C31H38Cl2N2O3Si/c1-5-7-23-17-27(22-8-6-9-24(32)16-22)31(35(29(23)36)19-21-10-11-21)26-13-12-25(33)18-28(26)34(30(31)37)20-38-14-15-39(2,3)4/h5-6,8-9,12-13,16,18,21,23,27H,1,7,10-11,14-15,17,19-20H2,2-4H3/t23-,27+,31+/m0/s1. The normalized spacial score (nSPS) is 24.9. The van der Waals surface area contributed by atoms with Crippen LogP contribution in [0.15, 0.2) is 55.1 Å². The third-order valence-electron chi connectivity index (χ3n) is 8.35. The van der Waals surface area contributed by atoms with Gasteiger partial charge in [0.05, 0.1) is 5.69 Å². The number of halogens is 2. The molecule has 0 N–H and O–H groups in total. The summed E-state index contributed by atoms with van der Waals surface area (Å²) in [6.45, 7) is 12.1. The van der Waals surface area contributed by atoms with Crippen LogP contribution in [0.1, 0.15) is 42.7 Å². The van der Waals surface area contributed by atoms with Gasteiger partial charge in [-0.05, 0) is 67.5 Å². The van der Waals surface area contributed by atoms with E-state index in [1.807, 2.05) is 53.4 Å². The van der Waals surface area contributed by atoms with Crippen molar-refractivity contribution in [1.82, 2.24) is 4.90 Å². The number of carbonyl (C=O) groups excluding carboxylic acids is 2. The Morgan fingerprint density at radius 1 is 1.10 bits per heavy atom. The first kappa shape index (κ1) is 28.4. The van der Waals surface area contributed by atoms with E-state index in [0.717, 1.165) is 35.7 Å². The van der Waals surface area contributed by atoms with Crippen LogP contribution in [0.3, 0.4) is 0 Å². The van der Waals surface area contributed by atoms with E-state index in [-0.39, 0.29) is 30.4 Å². The number of hydrogen-bond donors (Lipinski definition) is 0. The van der Waals surface area contributed by atoms with Crippen LogP contribution >= 0.6 is 23.2 Å². The minimum Gasteiger partial charge on any atom is -0.361 e. The molecule has 1 saturated heterocycles. The SMILES string of the molecule is C=CC[C@H]1C[C@H](c2cccc(Cl)c2)[C@]2(C(=O)N(COCC[Si](C)(C)C)c3cc(Cl)ccc32)N(CC2CC2)C1=O. The van der Waals surface area contributed by atoms with Gasteiger partial charge in [-0.3, -0.25) is 14.5 Å². The number of fused-ring (bicyclic) bond motifs is 2. The Hall–Kier alpha value is -2.12. The first-order chi connectivity index (χ1) is 18.6. The number of ether oxygens (including phenoxy) is 1. The summed E-state index contributed by atoms with van der Waals surface area (Å²) in [7, 11) is -1.30. The Morgan fingerprint density at radius 2 is 1.85 bits per heavy atom. The summed E-state index contributed by atoms with van der Waals surface area (Å²) < 4.78 is 6.13. The average molecular weight is 586 g/mol. The highest BCUT2D eigenvalue weighted by molar-refractivity contribution is 6.76. The molecule has 1 aliphatic carbocycles. The molecule has 0 radical (unpaired) electrons. The third-order valence-corrected chi connectivity index (χ3v) is 10.5. The number of hydrogen-bond acceptors (Lipinski definition) is 3. The van der Waals surface area contributed by atoms with Crippen LogP contribution < -0.4 is 4.90 Å². The molecule has 1 spiro atoms. The second-order valence-electron chi connectivity index (χ2n) is 12.5. The van der Waals surface area contributed by atoms with E-state index in [1.165, 1.54) is 0 Å².